The molecule has 0 saturated heterocycles. The van der Waals surface area contributed by atoms with Gasteiger partial charge >= 0.3 is 0 Å². The van der Waals surface area contributed by atoms with Crippen molar-refractivity contribution in [3.05, 3.63) is 59.2 Å². The molecule has 0 aliphatic carbocycles. The van der Waals surface area contributed by atoms with Crippen molar-refractivity contribution in [3.63, 3.8) is 0 Å². The van der Waals surface area contributed by atoms with Crippen LogP contribution in [0.4, 0.5) is 11.4 Å². The van der Waals surface area contributed by atoms with Gasteiger partial charge in [0.25, 0.3) is 0 Å². The average molecular weight is 360 g/mol. The number of amides is 1. The van der Waals surface area contributed by atoms with Gasteiger partial charge in [-0.05, 0) is 68.7 Å². The molecule has 0 fully saturated rings. The molecule has 25 heavy (non-hydrogen) atoms. The topological polar surface area (TPSA) is 66.5 Å². The number of rotatable bonds is 5. The van der Waals surface area contributed by atoms with Crippen molar-refractivity contribution in [2.24, 2.45) is 0 Å². The number of hydrogen-bond acceptors (Lipinski definition) is 3. The zero-order chi connectivity index (χ0) is 18.8. The largest absolute Gasteiger partial charge is 0.324 e. The van der Waals surface area contributed by atoms with E-state index in [1.807, 2.05) is 45.0 Å². The van der Waals surface area contributed by atoms with Crippen LogP contribution in [0.1, 0.15) is 23.6 Å². The summed E-state index contributed by atoms with van der Waals surface area (Å²) in [6.45, 7) is 7.38. The Hall–Kier alpha value is -2.34. The summed E-state index contributed by atoms with van der Waals surface area (Å²) in [7, 11) is -3.62. The van der Waals surface area contributed by atoms with Crippen LogP contribution in [-0.2, 0) is 14.8 Å². The molecule has 1 atom stereocenters. The third-order valence-corrected chi connectivity index (χ3v) is 5.36. The molecule has 2 aromatic carbocycles. The lowest BCUT2D eigenvalue weighted by atomic mass is 10.1. The molecular formula is C19H24N2O3S. The van der Waals surface area contributed by atoms with Gasteiger partial charge in [-0.1, -0.05) is 18.2 Å². The predicted molar refractivity (Wildman–Crippen MR) is 103 cm³/mol. The summed E-state index contributed by atoms with van der Waals surface area (Å²) >= 11 is 0. The molecule has 2 rings (SSSR count). The number of aryl methyl sites for hydroxylation is 3. The highest BCUT2D eigenvalue weighted by atomic mass is 32.2. The first-order valence-corrected chi connectivity index (χ1v) is 9.88. The molecule has 6 heteroatoms. The van der Waals surface area contributed by atoms with Crippen molar-refractivity contribution in [3.8, 4) is 0 Å². The maximum Gasteiger partial charge on any atom is 0.247 e. The Labute approximate surface area is 149 Å². The van der Waals surface area contributed by atoms with Crippen molar-refractivity contribution in [2.75, 3.05) is 15.9 Å². The molecule has 0 radical (unpaired) electrons. The van der Waals surface area contributed by atoms with Gasteiger partial charge in [-0.2, -0.15) is 0 Å². The molecule has 0 saturated carbocycles. The molecule has 5 nitrogen and oxygen atoms in total. The monoisotopic (exact) mass is 360 g/mol. The number of benzene rings is 2. The van der Waals surface area contributed by atoms with E-state index in [2.05, 4.69) is 5.32 Å². The SMILES string of the molecule is Cc1cccc(NC(=O)C(C)N(c2ccc(C)c(C)c2)S(C)(=O)=O)c1. The third-order valence-electron chi connectivity index (χ3n) is 4.12. The van der Waals surface area contributed by atoms with E-state index in [0.29, 0.717) is 11.4 Å². The zero-order valence-corrected chi connectivity index (χ0v) is 16.0. The van der Waals surface area contributed by atoms with Gasteiger partial charge in [0.15, 0.2) is 0 Å². The fraction of sp³-hybridized carbons (Fsp3) is 0.316. The molecular weight excluding hydrogens is 336 g/mol. The molecule has 1 unspecified atom stereocenters. The van der Waals surface area contributed by atoms with Gasteiger partial charge < -0.3 is 5.32 Å². The number of nitrogens with one attached hydrogen (secondary N) is 1. The summed E-state index contributed by atoms with van der Waals surface area (Å²) in [4.78, 5) is 12.6. The smallest absolute Gasteiger partial charge is 0.247 e. The number of carbonyl (C=O) groups is 1. The van der Waals surface area contributed by atoms with Crippen molar-refractivity contribution in [2.45, 2.75) is 33.7 Å². The molecule has 0 spiro atoms. The fourth-order valence-corrected chi connectivity index (χ4v) is 3.81. The van der Waals surface area contributed by atoms with Crippen LogP contribution >= 0.6 is 0 Å². The predicted octanol–water partition coefficient (Wildman–Crippen LogP) is 3.41. The second-order valence-electron chi connectivity index (χ2n) is 6.36. The first-order valence-electron chi connectivity index (χ1n) is 8.04. The lowest BCUT2D eigenvalue weighted by Crippen LogP contribution is -2.45. The summed E-state index contributed by atoms with van der Waals surface area (Å²) in [6.07, 6.45) is 1.11. The van der Waals surface area contributed by atoms with Crippen molar-refractivity contribution in [1.82, 2.24) is 0 Å². The Morgan fingerprint density at radius 1 is 1.04 bits per heavy atom. The number of nitrogens with zero attached hydrogens (tertiary/aromatic N) is 1. The van der Waals surface area contributed by atoms with Crippen LogP contribution in [0.15, 0.2) is 42.5 Å². The van der Waals surface area contributed by atoms with Gasteiger partial charge in [0.05, 0.1) is 11.9 Å². The van der Waals surface area contributed by atoms with Crippen LogP contribution < -0.4 is 9.62 Å². The van der Waals surface area contributed by atoms with Crippen molar-refractivity contribution >= 4 is 27.3 Å². The van der Waals surface area contributed by atoms with E-state index < -0.39 is 16.1 Å². The lowest BCUT2D eigenvalue weighted by molar-refractivity contribution is -0.116. The minimum absolute atomic E-state index is 0.380. The van der Waals surface area contributed by atoms with E-state index in [9.17, 15) is 13.2 Å². The molecule has 1 N–H and O–H groups in total. The molecule has 0 aliphatic heterocycles. The Morgan fingerprint density at radius 2 is 1.72 bits per heavy atom. The minimum atomic E-state index is -3.62. The maximum atomic E-state index is 12.6. The summed E-state index contributed by atoms with van der Waals surface area (Å²) < 4.78 is 25.8. The Kier molecular flexibility index (Phi) is 5.52. The summed E-state index contributed by atoms with van der Waals surface area (Å²) in [5, 5.41) is 2.79. The molecule has 134 valence electrons. The molecule has 1 amide bonds. The van der Waals surface area contributed by atoms with E-state index in [1.54, 1.807) is 25.1 Å². The van der Waals surface area contributed by atoms with Crippen molar-refractivity contribution < 1.29 is 13.2 Å². The van der Waals surface area contributed by atoms with Crippen LogP contribution in [0.5, 0.6) is 0 Å². The van der Waals surface area contributed by atoms with Gasteiger partial charge in [-0.25, -0.2) is 8.42 Å². The quantitative estimate of drug-likeness (QED) is 0.888. The second kappa shape index (κ2) is 7.27. The molecule has 0 bridgehead atoms. The van der Waals surface area contributed by atoms with Gasteiger partial charge in [-0.3, -0.25) is 9.10 Å². The van der Waals surface area contributed by atoms with E-state index in [1.165, 1.54) is 0 Å². The van der Waals surface area contributed by atoms with Gasteiger partial charge in [0.2, 0.25) is 15.9 Å². The number of carbonyl (C=O) groups excluding carboxylic acids is 1. The normalized spacial score (nSPS) is 12.5. The van der Waals surface area contributed by atoms with Crippen LogP contribution in [0.3, 0.4) is 0 Å². The lowest BCUT2D eigenvalue weighted by Gasteiger charge is -2.28. The number of hydrogen-bond donors (Lipinski definition) is 1. The first kappa shape index (κ1) is 19.0. The van der Waals surface area contributed by atoms with Crippen molar-refractivity contribution in [1.29, 1.82) is 0 Å². The highest BCUT2D eigenvalue weighted by Gasteiger charge is 2.29. The van der Waals surface area contributed by atoms with Crippen LogP contribution in [-0.4, -0.2) is 26.6 Å². The van der Waals surface area contributed by atoms with E-state index in [4.69, 9.17) is 0 Å². The average Bonchev–Trinajstić information content (AvgIpc) is 2.49. The third kappa shape index (κ3) is 4.60. The molecule has 0 heterocycles. The van der Waals surface area contributed by atoms with Gasteiger partial charge in [-0.15, -0.1) is 0 Å². The molecule has 0 aromatic heterocycles. The Balaban J connectivity index is 2.34. The van der Waals surface area contributed by atoms with E-state index in [-0.39, 0.29) is 5.91 Å². The van der Waals surface area contributed by atoms with E-state index >= 15 is 0 Å². The second-order valence-corrected chi connectivity index (χ2v) is 8.22. The highest BCUT2D eigenvalue weighted by molar-refractivity contribution is 7.92. The van der Waals surface area contributed by atoms with Crippen LogP contribution in [0.25, 0.3) is 0 Å². The summed E-state index contributed by atoms with van der Waals surface area (Å²) in [5.41, 5.74) is 4.17. The van der Waals surface area contributed by atoms with Gasteiger partial charge in [0, 0.05) is 5.69 Å². The van der Waals surface area contributed by atoms with Crippen LogP contribution in [0, 0.1) is 20.8 Å². The van der Waals surface area contributed by atoms with Crippen LogP contribution in [0.2, 0.25) is 0 Å². The summed E-state index contributed by atoms with van der Waals surface area (Å²) in [6, 6.07) is 11.9. The standard InChI is InChI=1S/C19H24N2O3S/c1-13-7-6-8-17(11-13)20-19(22)16(4)21(25(5,23)24)18-10-9-14(2)15(3)12-18/h6-12,16H,1-5H3,(H,20,22). The first-order chi connectivity index (χ1) is 11.6. The fourth-order valence-electron chi connectivity index (χ4n) is 2.64. The summed E-state index contributed by atoms with van der Waals surface area (Å²) in [5.74, 6) is -0.380. The van der Waals surface area contributed by atoms with E-state index in [0.717, 1.165) is 27.3 Å². The highest BCUT2D eigenvalue weighted by Crippen LogP contribution is 2.24. The Bertz CT molecular complexity index is 891. The maximum absolute atomic E-state index is 12.6. The Morgan fingerprint density at radius 3 is 2.28 bits per heavy atom. The molecule has 2 aromatic rings. The number of sulfonamides is 1. The molecule has 0 aliphatic rings. The number of anilines is 2. The van der Waals surface area contributed by atoms with Gasteiger partial charge in [0.1, 0.15) is 6.04 Å². The zero-order valence-electron chi connectivity index (χ0n) is 15.2. The minimum Gasteiger partial charge on any atom is -0.324 e.